The zero-order chi connectivity index (χ0) is 21.6. The number of aryl methyl sites for hydroxylation is 1. The van der Waals surface area contributed by atoms with Crippen LogP contribution in [0.5, 0.6) is 0 Å². The molecule has 0 saturated heterocycles. The molecule has 0 spiro atoms. The molecule has 0 radical (unpaired) electrons. The van der Waals surface area contributed by atoms with E-state index < -0.39 is 5.60 Å². The molecule has 5 nitrogen and oxygen atoms in total. The maximum absolute atomic E-state index is 13.1. The Morgan fingerprint density at radius 1 is 1.10 bits per heavy atom. The summed E-state index contributed by atoms with van der Waals surface area (Å²) in [6.45, 7) is 16.7. The van der Waals surface area contributed by atoms with Crippen molar-refractivity contribution in [3.8, 4) is 11.3 Å². The minimum atomic E-state index is -0.937. The summed E-state index contributed by atoms with van der Waals surface area (Å²) >= 11 is 0. The van der Waals surface area contributed by atoms with Gasteiger partial charge in [0.1, 0.15) is 0 Å². The van der Waals surface area contributed by atoms with Crippen molar-refractivity contribution >= 4 is 11.2 Å². The molecule has 2 aromatic heterocycles. The lowest BCUT2D eigenvalue weighted by atomic mass is 9.93. The summed E-state index contributed by atoms with van der Waals surface area (Å²) in [6, 6.07) is 9.84. The summed E-state index contributed by atoms with van der Waals surface area (Å²) < 4.78 is 3.47. The molecule has 29 heavy (non-hydrogen) atoms. The lowest BCUT2D eigenvalue weighted by Crippen LogP contribution is -2.28. The van der Waals surface area contributed by atoms with Crippen LogP contribution >= 0.6 is 0 Å². The van der Waals surface area contributed by atoms with Crippen LogP contribution in [0.3, 0.4) is 0 Å². The number of pyridine rings is 1. The topological polar surface area (TPSA) is 60.0 Å². The maximum Gasteiger partial charge on any atom is 0.330 e. The van der Waals surface area contributed by atoms with Crippen LogP contribution in [0.25, 0.3) is 22.4 Å². The number of aliphatic hydroxyl groups is 1. The number of hydrogen-bond acceptors (Lipinski definition) is 3. The molecule has 2 heterocycles. The molecule has 0 fully saturated rings. The van der Waals surface area contributed by atoms with E-state index in [9.17, 15) is 9.90 Å². The van der Waals surface area contributed by atoms with Gasteiger partial charge < -0.3 is 5.11 Å². The van der Waals surface area contributed by atoms with Crippen LogP contribution in [-0.2, 0) is 18.7 Å². The average Bonchev–Trinajstić information content (AvgIpc) is 2.85. The molecule has 154 valence electrons. The third-order valence-corrected chi connectivity index (χ3v) is 5.03. The van der Waals surface area contributed by atoms with E-state index in [0.717, 1.165) is 27.9 Å². The first kappa shape index (κ1) is 21.1. The van der Waals surface area contributed by atoms with E-state index in [-0.39, 0.29) is 11.1 Å². The Bertz CT molecular complexity index is 1120. The predicted molar refractivity (Wildman–Crippen MR) is 119 cm³/mol. The first-order valence-corrected chi connectivity index (χ1v) is 9.97. The Morgan fingerprint density at radius 3 is 2.38 bits per heavy atom. The van der Waals surface area contributed by atoms with Crippen molar-refractivity contribution in [2.24, 2.45) is 5.41 Å². The number of fused-ring (bicyclic) bond motifs is 1. The summed E-state index contributed by atoms with van der Waals surface area (Å²) in [5.41, 5.74) is 4.07. The fourth-order valence-electron chi connectivity index (χ4n) is 3.54. The normalized spacial score (nSPS) is 12.5. The SMILES string of the molecule is C=CCn1c(=O)n(CC(C)(C)C)c2ccc(-c3cc(C(C)(C)O)ccc3C)nc21. The van der Waals surface area contributed by atoms with Crippen molar-refractivity contribution in [2.45, 2.75) is 60.2 Å². The molecule has 3 rings (SSSR count). The number of rotatable bonds is 5. The van der Waals surface area contributed by atoms with E-state index >= 15 is 0 Å². The molecule has 0 atom stereocenters. The van der Waals surface area contributed by atoms with Gasteiger partial charge in [-0.05, 0) is 55.5 Å². The molecule has 0 unspecified atom stereocenters. The van der Waals surface area contributed by atoms with Crippen molar-refractivity contribution in [2.75, 3.05) is 0 Å². The average molecular weight is 394 g/mol. The largest absolute Gasteiger partial charge is 0.386 e. The fraction of sp³-hybridized carbons (Fsp3) is 0.417. The molecule has 0 aliphatic rings. The first-order valence-electron chi connectivity index (χ1n) is 9.97. The Morgan fingerprint density at radius 2 is 1.79 bits per heavy atom. The van der Waals surface area contributed by atoms with Gasteiger partial charge in [-0.25, -0.2) is 9.78 Å². The third kappa shape index (κ3) is 4.20. The van der Waals surface area contributed by atoms with Crippen molar-refractivity contribution in [1.82, 2.24) is 14.1 Å². The van der Waals surface area contributed by atoms with Crippen LogP contribution in [0.4, 0.5) is 0 Å². The molecule has 3 aromatic rings. The van der Waals surface area contributed by atoms with Gasteiger partial charge in [0.15, 0.2) is 5.65 Å². The zero-order valence-corrected chi connectivity index (χ0v) is 18.3. The van der Waals surface area contributed by atoms with Crippen LogP contribution in [0, 0.1) is 12.3 Å². The summed E-state index contributed by atoms with van der Waals surface area (Å²) in [6.07, 6.45) is 1.72. The second-order valence-corrected chi connectivity index (χ2v) is 9.46. The minimum absolute atomic E-state index is 0.0343. The van der Waals surface area contributed by atoms with Crippen LogP contribution in [0.1, 0.15) is 45.7 Å². The van der Waals surface area contributed by atoms with Crippen LogP contribution < -0.4 is 5.69 Å². The summed E-state index contributed by atoms with van der Waals surface area (Å²) in [7, 11) is 0. The van der Waals surface area contributed by atoms with Crippen molar-refractivity contribution in [3.63, 3.8) is 0 Å². The van der Waals surface area contributed by atoms with Crippen molar-refractivity contribution < 1.29 is 5.11 Å². The lowest BCUT2D eigenvalue weighted by Gasteiger charge is -2.20. The number of nitrogens with zero attached hydrogens (tertiary/aromatic N) is 3. The molecular formula is C24H31N3O2. The smallest absolute Gasteiger partial charge is 0.330 e. The molecular weight excluding hydrogens is 362 g/mol. The van der Waals surface area contributed by atoms with E-state index in [1.54, 1.807) is 29.1 Å². The molecule has 0 bridgehead atoms. The fourth-order valence-corrected chi connectivity index (χ4v) is 3.54. The molecule has 0 amide bonds. The number of aromatic nitrogens is 3. The van der Waals surface area contributed by atoms with Gasteiger partial charge in [0.25, 0.3) is 0 Å². The van der Waals surface area contributed by atoms with E-state index in [1.807, 2.05) is 37.3 Å². The highest BCUT2D eigenvalue weighted by Gasteiger charge is 2.21. The number of hydrogen-bond donors (Lipinski definition) is 1. The van der Waals surface area contributed by atoms with E-state index in [4.69, 9.17) is 4.98 Å². The second-order valence-electron chi connectivity index (χ2n) is 9.46. The number of allylic oxidation sites excluding steroid dienone is 1. The molecule has 1 N–H and O–H groups in total. The van der Waals surface area contributed by atoms with Gasteiger partial charge >= 0.3 is 5.69 Å². The summed E-state index contributed by atoms with van der Waals surface area (Å²) in [4.78, 5) is 17.9. The Hall–Kier alpha value is -2.66. The molecule has 0 saturated carbocycles. The van der Waals surface area contributed by atoms with Gasteiger partial charge in [-0.15, -0.1) is 6.58 Å². The van der Waals surface area contributed by atoms with Gasteiger partial charge in [0.2, 0.25) is 0 Å². The highest BCUT2D eigenvalue weighted by molar-refractivity contribution is 5.77. The van der Waals surface area contributed by atoms with Crippen molar-refractivity contribution in [3.05, 3.63) is 64.6 Å². The quantitative estimate of drug-likeness (QED) is 0.643. The first-order chi connectivity index (χ1) is 13.4. The minimum Gasteiger partial charge on any atom is -0.386 e. The van der Waals surface area contributed by atoms with Crippen LogP contribution in [-0.4, -0.2) is 19.2 Å². The van der Waals surface area contributed by atoms with E-state index in [1.165, 1.54) is 0 Å². The third-order valence-electron chi connectivity index (χ3n) is 5.03. The van der Waals surface area contributed by atoms with Crippen LogP contribution in [0.2, 0.25) is 0 Å². The van der Waals surface area contributed by atoms with Gasteiger partial charge in [-0.1, -0.05) is 39.0 Å². The standard InChI is InChI=1S/C24H31N3O2/c1-8-13-26-21-20(27(22(26)28)15-23(3,4)5)12-11-19(25-21)18-14-17(24(6,7)29)10-9-16(18)2/h8-12,14,29H,1,13,15H2,2-7H3. The molecule has 0 aliphatic heterocycles. The summed E-state index contributed by atoms with van der Waals surface area (Å²) in [5.74, 6) is 0. The Labute approximate surface area is 172 Å². The number of imidazole rings is 1. The van der Waals surface area contributed by atoms with Crippen LogP contribution in [0.15, 0.2) is 47.8 Å². The molecule has 0 aliphatic carbocycles. The monoisotopic (exact) mass is 393 g/mol. The molecule has 1 aromatic carbocycles. The van der Waals surface area contributed by atoms with E-state index in [2.05, 4.69) is 27.4 Å². The van der Waals surface area contributed by atoms with Gasteiger partial charge in [-0.3, -0.25) is 9.13 Å². The predicted octanol–water partition coefficient (Wildman–Crippen LogP) is 4.63. The highest BCUT2D eigenvalue weighted by atomic mass is 16.3. The zero-order valence-electron chi connectivity index (χ0n) is 18.3. The second kappa shape index (κ2) is 7.30. The maximum atomic E-state index is 13.1. The Kier molecular flexibility index (Phi) is 5.30. The number of benzene rings is 1. The Balaban J connectivity index is 2.25. The van der Waals surface area contributed by atoms with Crippen molar-refractivity contribution in [1.29, 1.82) is 0 Å². The van der Waals surface area contributed by atoms with Gasteiger partial charge in [0, 0.05) is 18.7 Å². The van der Waals surface area contributed by atoms with Gasteiger partial charge in [0.05, 0.1) is 16.8 Å². The lowest BCUT2D eigenvalue weighted by molar-refractivity contribution is 0.0786. The molecule has 5 heteroatoms. The van der Waals surface area contributed by atoms with Gasteiger partial charge in [-0.2, -0.15) is 0 Å². The highest BCUT2D eigenvalue weighted by Crippen LogP contribution is 2.29. The van der Waals surface area contributed by atoms with E-state index in [0.29, 0.717) is 18.7 Å². The summed E-state index contributed by atoms with van der Waals surface area (Å²) in [5, 5.41) is 10.4.